The van der Waals surface area contributed by atoms with Gasteiger partial charge < -0.3 is 10.1 Å². The smallest absolute Gasteiger partial charge is 0.122 e. The van der Waals surface area contributed by atoms with E-state index in [0.717, 1.165) is 30.3 Å². The van der Waals surface area contributed by atoms with Crippen LogP contribution >= 0.6 is 22.9 Å². The second kappa shape index (κ2) is 6.17. The Kier molecular flexibility index (Phi) is 4.29. The van der Waals surface area contributed by atoms with E-state index < -0.39 is 0 Å². The number of nitrogens with one attached hydrogen (secondary N) is 1. The summed E-state index contributed by atoms with van der Waals surface area (Å²) in [5.74, 6) is 1.43. The Labute approximate surface area is 128 Å². The van der Waals surface area contributed by atoms with Crippen molar-refractivity contribution in [3.63, 3.8) is 0 Å². The van der Waals surface area contributed by atoms with E-state index in [1.165, 1.54) is 10.4 Å². The van der Waals surface area contributed by atoms with E-state index in [-0.39, 0.29) is 6.04 Å². The Morgan fingerprint density at radius 1 is 1.40 bits per heavy atom. The molecule has 0 amide bonds. The van der Waals surface area contributed by atoms with Crippen LogP contribution in [0.4, 0.5) is 0 Å². The zero-order valence-corrected chi connectivity index (χ0v) is 13.0. The highest BCUT2D eigenvalue weighted by atomic mass is 35.5. The van der Waals surface area contributed by atoms with Crippen molar-refractivity contribution in [2.24, 2.45) is 0 Å². The van der Waals surface area contributed by atoms with E-state index in [9.17, 15) is 0 Å². The summed E-state index contributed by atoms with van der Waals surface area (Å²) in [6, 6.07) is 10.6. The number of fused-ring (bicyclic) bond motifs is 1. The second-order valence-corrected chi connectivity index (χ2v) is 6.30. The number of ether oxygens (including phenoxy) is 1. The quantitative estimate of drug-likeness (QED) is 0.890. The van der Waals surface area contributed by atoms with E-state index in [1.807, 2.05) is 12.1 Å². The normalized spacial score (nSPS) is 19.2. The summed E-state index contributed by atoms with van der Waals surface area (Å²) < 4.78 is 5.77. The molecule has 0 aliphatic carbocycles. The number of hydrogen-bond acceptors (Lipinski definition) is 3. The van der Waals surface area contributed by atoms with E-state index in [0.29, 0.717) is 5.92 Å². The van der Waals surface area contributed by atoms with Gasteiger partial charge in [0.25, 0.3) is 0 Å². The van der Waals surface area contributed by atoms with Crippen molar-refractivity contribution in [1.29, 1.82) is 0 Å². The number of rotatable bonds is 4. The molecule has 106 valence electrons. The lowest BCUT2D eigenvalue weighted by Gasteiger charge is -2.32. The molecular weight excluding hydrogens is 290 g/mol. The lowest BCUT2D eigenvalue weighted by molar-refractivity contribution is 0.247. The van der Waals surface area contributed by atoms with Crippen LogP contribution in [0.5, 0.6) is 5.75 Å². The van der Waals surface area contributed by atoms with Crippen LogP contribution in [-0.4, -0.2) is 13.2 Å². The molecule has 4 heteroatoms. The van der Waals surface area contributed by atoms with Crippen molar-refractivity contribution in [2.45, 2.75) is 25.3 Å². The highest BCUT2D eigenvalue weighted by Crippen LogP contribution is 2.44. The van der Waals surface area contributed by atoms with E-state index >= 15 is 0 Å². The van der Waals surface area contributed by atoms with Crippen LogP contribution in [0.15, 0.2) is 35.7 Å². The summed E-state index contributed by atoms with van der Waals surface area (Å²) in [4.78, 5) is 1.23. The zero-order valence-electron chi connectivity index (χ0n) is 11.4. The molecule has 2 nitrogen and oxygen atoms in total. The molecule has 1 aliphatic rings. The Bertz CT molecular complexity index is 583. The molecule has 2 heterocycles. The fraction of sp³-hybridized carbons (Fsp3) is 0.375. The molecule has 20 heavy (non-hydrogen) atoms. The Balaban J connectivity index is 1.99. The number of hydrogen-bond donors (Lipinski definition) is 1. The van der Waals surface area contributed by atoms with Crippen molar-refractivity contribution in [1.82, 2.24) is 5.32 Å². The summed E-state index contributed by atoms with van der Waals surface area (Å²) in [6.45, 7) is 3.84. The standard InChI is InChI=1S/C16H18ClNOS/c1-2-18-15(16-13(17)8-10-20-16)12-7-9-19-14-6-4-3-5-11(12)14/h3-6,8,10,12,15,18H,2,7,9H2,1H3. The maximum Gasteiger partial charge on any atom is 0.122 e. The molecule has 0 radical (unpaired) electrons. The highest BCUT2D eigenvalue weighted by Gasteiger charge is 2.31. The molecule has 1 aliphatic heterocycles. The molecule has 1 aromatic heterocycles. The van der Waals surface area contributed by atoms with Gasteiger partial charge in [0.2, 0.25) is 0 Å². The van der Waals surface area contributed by atoms with Crippen molar-refractivity contribution in [2.75, 3.05) is 13.2 Å². The Hall–Kier alpha value is -1.03. The van der Waals surface area contributed by atoms with Gasteiger partial charge in [0.05, 0.1) is 17.7 Å². The van der Waals surface area contributed by atoms with Crippen molar-refractivity contribution in [3.8, 4) is 5.75 Å². The molecule has 0 saturated heterocycles. The van der Waals surface area contributed by atoms with Gasteiger partial charge in [-0.05, 0) is 36.0 Å². The molecule has 3 rings (SSSR count). The fourth-order valence-corrected chi connectivity index (χ4v) is 4.20. The van der Waals surface area contributed by atoms with Crippen molar-refractivity contribution >= 4 is 22.9 Å². The first-order valence-electron chi connectivity index (χ1n) is 6.99. The number of halogens is 1. The Morgan fingerprint density at radius 2 is 2.25 bits per heavy atom. The van der Waals surface area contributed by atoms with Crippen molar-refractivity contribution < 1.29 is 4.74 Å². The third-order valence-electron chi connectivity index (χ3n) is 3.76. The van der Waals surface area contributed by atoms with Crippen molar-refractivity contribution in [3.05, 3.63) is 51.2 Å². The summed E-state index contributed by atoms with van der Waals surface area (Å²) in [5, 5.41) is 6.54. The summed E-state index contributed by atoms with van der Waals surface area (Å²) in [7, 11) is 0. The lowest BCUT2D eigenvalue weighted by Crippen LogP contribution is -2.30. The van der Waals surface area contributed by atoms with Crippen LogP contribution in [0.25, 0.3) is 0 Å². The molecule has 2 atom stereocenters. The monoisotopic (exact) mass is 307 g/mol. The fourth-order valence-electron chi connectivity index (χ4n) is 2.88. The second-order valence-electron chi connectivity index (χ2n) is 4.95. The third-order valence-corrected chi connectivity index (χ3v) is 5.20. The summed E-state index contributed by atoms with van der Waals surface area (Å²) in [6.07, 6.45) is 1.02. The van der Waals surface area contributed by atoms with Crippen LogP contribution in [0, 0.1) is 0 Å². The zero-order chi connectivity index (χ0) is 13.9. The van der Waals surface area contributed by atoms with Gasteiger partial charge in [0.15, 0.2) is 0 Å². The van der Waals surface area contributed by atoms with E-state index in [1.54, 1.807) is 11.3 Å². The first-order chi connectivity index (χ1) is 9.81. The average molecular weight is 308 g/mol. The molecule has 0 spiro atoms. The predicted molar refractivity (Wildman–Crippen MR) is 85.0 cm³/mol. The first kappa shape index (κ1) is 13.9. The minimum absolute atomic E-state index is 0.262. The van der Waals surface area contributed by atoms with Gasteiger partial charge in [-0.2, -0.15) is 0 Å². The molecule has 2 aromatic rings. The topological polar surface area (TPSA) is 21.3 Å². The SMILES string of the molecule is CCNC(c1sccc1Cl)C1CCOc2ccccc21. The number of benzene rings is 1. The molecule has 0 saturated carbocycles. The minimum atomic E-state index is 0.262. The van der Waals surface area contributed by atoms with Crippen LogP contribution in [0.2, 0.25) is 5.02 Å². The molecule has 1 aromatic carbocycles. The average Bonchev–Trinajstić information content (AvgIpc) is 2.90. The molecular formula is C16H18ClNOS. The first-order valence-corrected chi connectivity index (χ1v) is 8.25. The van der Waals surface area contributed by atoms with E-state index in [2.05, 4.69) is 35.8 Å². The maximum absolute atomic E-state index is 6.36. The van der Waals surface area contributed by atoms with Gasteiger partial charge in [-0.3, -0.25) is 0 Å². The molecule has 0 bridgehead atoms. The summed E-state index contributed by atoms with van der Waals surface area (Å²) >= 11 is 8.09. The van der Waals surface area contributed by atoms with Gasteiger partial charge in [-0.25, -0.2) is 0 Å². The van der Waals surface area contributed by atoms with E-state index in [4.69, 9.17) is 16.3 Å². The van der Waals surface area contributed by atoms with Crippen LogP contribution in [0.3, 0.4) is 0 Å². The maximum atomic E-state index is 6.36. The van der Waals surface area contributed by atoms with Crippen LogP contribution in [-0.2, 0) is 0 Å². The van der Waals surface area contributed by atoms with Crippen LogP contribution in [0.1, 0.15) is 35.7 Å². The van der Waals surface area contributed by atoms with Gasteiger partial charge >= 0.3 is 0 Å². The third kappa shape index (κ3) is 2.58. The van der Waals surface area contributed by atoms with Crippen LogP contribution < -0.4 is 10.1 Å². The number of para-hydroxylation sites is 1. The van der Waals surface area contributed by atoms with Gasteiger partial charge in [-0.15, -0.1) is 11.3 Å². The summed E-state index contributed by atoms with van der Waals surface area (Å²) in [5.41, 5.74) is 1.29. The lowest BCUT2D eigenvalue weighted by atomic mass is 9.86. The Morgan fingerprint density at radius 3 is 3.00 bits per heavy atom. The van der Waals surface area contributed by atoms with Gasteiger partial charge in [-0.1, -0.05) is 36.7 Å². The van der Waals surface area contributed by atoms with Gasteiger partial charge in [0, 0.05) is 10.8 Å². The molecule has 2 unspecified atom stereocenters. The molecule has 0 fully saturated rings. The molecule has 1 N–H and O–H groups in total. The largest absolute Gasteiger partial charge is 0.493 e. The minimum Gasteiger partial charge on any atom is -0.493 e. The predicted octanol–water partition coefficient (Wildman–Crippen LogP) is 4.62. The van der Waals surface area contributed by atoms with Gasteiger partial charge in [0.1, 0.15) is 5.75 Å². The number of likely N-dealkylation sites (N-methyl/N-ethyl adjacent to an activating group) is 1. The highest BCUT2D eigenvalue weighted by molar-refractivity contribution is 7.10. The number of thiophene rings is 1.